The highest BCUT2D eigenvalue weighted by Crippen LogP contribution is 2.45. The third kappa shape index (κ3) is 4.85. The Morgan fingerprint density at radius 3 is 0.800 bits per heavy atom. The fourth-order valence-electron chi connectivity index (χ4n) is 6.09. The summed E-state index contributed by atoms with van der Waals surface area (Å²) in [5.74, 6) is 1.71. The summed E-state index contributed by atoms with van der Waals surface area (Å²) in [7, 11) is 3.44. The fraction of sp³-hybridized carbons (Fsp3) is 0.316. The molecule has 0 aliphatic carbocycles. The van der Waals surface area contributed by atoms with Crippen molar-refractivity contribution in [2.24, 2.45) is 0 Å². The van der Waals surface area contributed by atoms with Gasteiger partial charge >= 0.3 is 0 Å². The maximum Gasteiger partial charge on any atom is 0.118 e. The second kappa shape index (κ2) is 11.4. The van der Waals surface area contributed by atoms with E-state index in [1.54, 1.807) is 14.2 Å². The van der Waals surface area contributed by atoms with E-state index in [1.165, 1.54) is 89.0 Å². The molecular weight excluding hydrogens is 488 g/mol. The molecule has 4 rings (SSSR count). The lowest BCUT2D eigenvalue weighted by Gasteiger charge is -2.28. The van der Waals surface area contributed by atoms with E-state index in [2.05, 4.69) is 118 Å². The summed E-state index contributed by atoms with van der Waals surface area (Å²) in [5.41, 5.74) is 20.9. The second-order valence-corrected chi connectivity index (χ2v) is 11.2. The summed E-state index contributed by atoms with van der Waals surface area (Å²) in [4.78, 5) is 0. The van der Waals surface area contributed by atoms with Crippen molar-refractivity contribution < 1.29 is 9.47 Å². The monoisotopic (exact) mass is 532 g/mol. The van der Waals surface area contributed by atoms with Crippen LogP contribution in [0.15, 0.2) is 48.5 Å². The molecule has 4 aromatic rings. The van der Waals surface area contributed by atoms with E-state index in [-0.39, 0.29) is 0 Å². The van der Waals surface area contributed by atoms with E-state index >= 15 is 0 Å². The molecule has 0 atom stereocenters. The Labute approximate surface area is 241 Å². The Hall–Kier alpha value is -3.78. The second-order valence-electron chi connectivity index (χ2n) is 11.2. The molecule has 0 spiro atoms. The largest absolute Gasteiger partial charge is 0.497 e. The first-order valence-corrected chi connectivity index (χ1v) is 14.1. The average Bonchev–Trinajstić information content (AvgIpc) is 2.98. The molecule has 0 saturated heterocycles. The molecule has 0 aliphatic rings. The molecule has 0 fully saturated rings. The first-order valence-electron chi connectivity index (χ1n) is 14.1. The van der Waals surface area contributed by atoms with Gasteiger partial charge in [-0.2, -0.15) is 0 Å². The van der Waals surface area contributed by atoms with Gasteiger partial charge in [0.1, 0.15) is 11.5 Å². The third-order valence-electron chi connectivity index (χ3n) is 9.51. The van der Waals surface area contributed by atoms with Crippen molar-refractivity contribution >= 4 is 11.1 Å². The highest BCUT2D eigenvalue weighted by molar-refractivity contribution is 6.07. The van der Waals surface area contributed by atoms with Crippen molar-refractivity contribution in [3.63, 3.8) is 0 Å². The Morgan fingerprint density at radius 2 is 0.575 bits per heavy atom. The third-order valence-corrected chi connectivity index (χ3v) is 9.51. The number of benzene rings is 4. The minimum Gasteiger partial charge on any atom is -0.497 e. The van der Waals surface area contributed by atoms with Crippen LogP contribution < -0.4 is 9.47 Å². The normalized spacial score (nSPS) is 11.9. The van der Waals surface area contributed by atoms with Crippen LogP contribution in [0.1, 0.15) is 77.9 Å². The quantitative estimate of drug-likeness (QED) is 0.230. The predicted octanol–water partition coefficient (Wildman–Crippen LogP) is 9.80. The van der Waals surface area contributed by atoms with Gasteiger partial charge in [0.15, 0.2) is 0 Å². The predicted molar refractivity (Wildman–Crippen MR) is 171 cm³/mol. The first kappa shape index (κ1) is 29.2. The van der Waals surface area contributed by atoms with Crippen molar-refractivity contribution in [1.29, 1.82) is 0 Å². The summed E-state index contributed by atoms with van der Waals surface area (Å²) in [6, 6.07) is 17.1. The van der Waals surface area contributed by atoms with Gasteiger partial charge in [-0.3, -0.25) is 0 Å². The summed E-state index contributed by atoms with van der Waals surface area (Å²) >= 11 is 0. The topological polar surface area (TPSA) is 18.5 Å². The van der Waals surface area contributed by atoms with Gasteiger partial charge in [-0.25, -0.2) is 0 Å². The molecule has 2 heteroatoms. The van der Waals surface area contributed by atoms with Crippen LogP contribution >= 0.6 is 0 Å². The summed E-state index contributed by atoms with van der Waals surface area (Å²) < 4.78 is 11.1. The lowest BCUT2D eigenvalue weighted by Crippen LogP contribution is -2.09. The number of hydrogen-bond acceptors (Lipinski definition) is 2. The first-order chi connectivity index (χ1) is 18.9. The molecule has 0 aromatic heterocycles. The Morgan fingerprint density at radius 1 is 0.350 bits per heavy atom. The standard InChI is InChI=1S/C38H44O2/c1-21-23(3)27(7)35(28(8)24(21)4)37(31-13-17-33(39-11)18-14-31)38(32-15-19-34(40-12)20-16-32)36-29(9)25(5)22(2)26(6)30(36)10/h13-20H,1-12H3/b38-37-. The number of methoxy groups -OCH3 is 2. The smallest absolute Gasteiger partial charge is 0.118 e. The van der Waals surface area contributed by atoms with Gasteiger partial charge < -0.3 is 9.47 Å². The molecule has 0 amide bonds. The van der Waals surface area contributed by atoms with Gasteiger partial charge in [-0.15, -0.1) is 0 Å². The van der Waals surface area contributed by atoms with Crippen LogP contribution in [0.3, 0.4) is 0 Å². The molecular formula is C38H44O2. The Kier molecular flexibility index (Phi) is 8.30. The van der Waals surface area contributed by atoms with Gasteiger partial charge in [0.2, 0.25) is 0 Å². The molecule has 4 aromatic carbocycles. The van der Waals surface area contributed by atoms with Crippen molar-refractivity contribution in [3.8, 4) is 11.5 Å². The Bertz CT molecular complexity index is 1430. The highest BCUT2D eigenvalue weighted by atomic mass is 16.5. The van der Waals surface area contributed by atoms with Gasteiger partial charge in [-0.05, 0) is 183 Å². The lowest BCUT2D eigenvalue weighted by molar-refractivity contribution is 0.414. The summed E-state index contributed by atoms with van der Waals surface area (Å²) in [5, 5.41) is 0. The van der Waals surface area contributed by atoms with Gasteiger partial charge in [-0.1, -0.05) is 24.3 Å². The van der Waals surface area contributed by atoms with Crippen LogP contribution in [0.2, 0.25) is 0 Å². The summed E-state index contributed by atoms with van der Waals surface area (Å²) in [6.45, 7) is 22.7. The van der Waals surface area contributed by atoms with E-state index in [0.29, 0.717) is 0 Å². The molecule has 2 nitrogen and oxygen atoms in total. The van der Waals surface area contributed by atoms with Crippen LogP contribution in [0.5, 0.6) is 11.5 Å². The molecule has 0 saturated carbocycles. The summed E-state index contributed by atoms with van der Waals surface area (Å²) in [6.07, 6.45) is 0. The van der Waals surface area contributed by atoms with Crippen LogP contribution in [0.4, 0.5) is 0 Å². The molecule has 208 valence electrons. The minimum atomic E-state index is 0.855. The molecule has 0 aliphatic heterocycles. The number of hydrogen-bond donors (Lipinski definition) is 0. The molecule has 0 radical (unpaired) electrons. The molecule has 0 heterocycles. The van der Waals surface area contributed by atoms with Crippen LogP contribution in [0.25, 0.3) is 11.1 Å². The number of rotatable bonds is 6. The van der Waals surface area contributed by atoms with Gasteiger partial charge in [0.25, 0.3) is 0 Å². The highest BCUT2D eigenvalue weighted by Gasteiger charge is 2.25. The molecule has 0 N–H and O–H groups in total. The fourth-order valence-corrected chi connectivity index (χ4v) is 6.09. The van der Waals surface area contributed by atoms with E-state index in [9.17, 15) is 0 Å². The SMILES string of the molecule is COc1ccc(/C(=C(\c2ccc(OC)cc2)c2c(C)c(C)c(C)c(C)c2C)c2c(C)c(C)c(C)c(C)c2C)cc1. The van der Waals surface area contributed by atoms with Crippen LogP contribution in [0, 0.1) is 69.2 Å². The van der Waals surface area contributed by atoms with Crippen molar-refractivity contribution in [3.05, 3.63) is 126 Å². The van der Waals surface area contributed by atoms with E-state index in [0.717, 1.165) is 11.5 Å². The van der Waals surface area contributed by atoms with E-state index in [1.807, 2.05) is 0 Å². The maximum absolute atomic E-state index is 5.56. The number of ether oxygens (including phenoxy) is 2. The average molecular weight is 533 g/mol. The van der Waals surface area contributed by atoms with E-state index in [4.69, 9.17) is 9.47 Å². The zero-order valence-corrected chi connectivity index (χ0v) is 26.4. The van der Waals surface area contributed by atoms with Crippen molar-refractivity contribution in [1.82, 2.24) is 0 Å². The van der Waals surface area contributed by atoms with Gasteiger partial charge in [0.05, 0.1) is 14.2 Å². The van der Waals surface area contributed by atoms with Crippen LogP contribution in [-0.2, 0) is 0 Å². The van der Waals surface area contributed by atoms with Crippen molar-refractivity contribution in [2.75, 3.05) is 14.2 Å². The maximum atomic E-state index is 5.56. The minimum absolute atomic E-state index is 0.855. The zero-order chi connectivity index (χ0) is 29.5. The Balaban J connectivity index is 2.33. The van der Waals surface area contributed by atoms with E-state index < -0.39 is 0 Å². The lowest BCUT2D eigenvalue weighted by atomic mass is 9.76. The zero-order valence-electron chi connectivity index (χ0n) is 26.4. The van der Waals surface area contributed by atoms with Crippen molar-refractivity contribution in [2.45, 2.75) is 69.2 Å². The van der Waals surface area contributed by atoms with Gasteiger partial charge in [0, 0.05) is 0 Å². The molecule has 0 bridgehead atoms. The molecule has 40 heavy (non-hydrogen) atoms. The molecule has 0 unspecified atom stereocenters. The van der Waals surface area contributed by atoms with Crippen LogP contribution in [-0.4, -0.2) is 14.2 Å².